The van der Waals surface area contributed by atoms with E-state index in [1.165, 1.54) is 36.9 Å². The molecule has 0 aromatic heterocycles. The first-order valence-electron chi connectivity index (χ1n) is 6.14. The molecule has 1 atom stereocenters. The van der Waals surface area contributed by atoms with Crippen molar-refractivity contribution in [3.05, 3.63) is 39.4 Å². The molecule has 0 fully saturated rings. The molecule has 0 saturated carbocycles. The molecular formula is C13H16N2O5S. The monoisotopic (exact) mass is 312 g/mol. The molecule has 114 valence electrons. The lowest BCUT2D eigenvalue weighted by atomic mass is 10.1. The van der Waals surface area contributed by atoms with E-state index >= 15 is 0 Å². The Morgan fingerprint density at radius 3 is 2.62 bits per heavy atom. The largest absolute Gasteiger partial charge is 0.480 e. The van der Waals surface area contributed by atoms with Gasteiger partial charge in [-0.1, -0.05) is 0 Å². The third-order valence-corrected chi connectivity index (χ3v) is 3.51. The molecule has 0 aliphatic heterocycles. The number of aryl methyl sites for hydroxylation is 1. The van der Waals surface area contributed by atoms with E-state index in [9.17, 15) is 19.7 Å². The van der Waals surface area contributed by atoms with Crippen LogP contribution in [0.3, 0.4) is 0 Å². The van der Waals surface area contributed by atoms with Gasteiger partial charge in [-0.25, -0.2) is 4.79 Å². The summed E-state index contributed by atoms with van der Waals surface area (Å²) in [5.74, 6) is -1.05. The average Bonchev–Trinajstić information content (AvgIpc) is 2.42. The summed E-state index contributed by atoms with van der Waals surface area (Å²) in [5, 5.41) is 22.2. The molecule has 1 rings (SSSR count). The summed E-state index contributed by atoms with van der Waals surface area (Å²) in [7, 11) is 0. The highest BCUT2D eigenvalue weighted by atomic mass is 32.2. The lowest BCUT2D eigenvalue weighted by Gasteiger charge is -2.14. The van der Waals surface area contributed by atoms with Crippen LogP contribution in [0.25, 0.3) is 0 Å². The summed E-state index contributed by atoms with van der Waals surface area (Å²) in [6.45, 7) is 1.53. The number of amides is 1. The van der Waals surface area contributed by atoms with Crippen molar-refractivity contribution in [1.82, 2.24) is 5.32 Å². The number of nitro benzene ring substituents is 1. The van der Waals surface area contributed by atoms with Gasteiger partial charge in [-0.2, -0.15) is 11.8 Å². The summed E-state index contributed by atoms with van der Waals surface area (Å²) in [6, 6.07) is 2.96. The van der Waals surface area contributed by atoms with Crippen molar-refractivity contribution in [3.63, 3.8) is 0 Å². The zero-order valence-electron chi connectivity index (χ0n) is 11.7. The number of hydrogen-bond donors (Lipinski definition) is 2. The first-order chi connectivity index (χ1) is 9.86. The zero-order valence-corrected chi connectivity index (χ0v) is 12.5. The Balaban J connectivity index is 2.85. The number of benzene rings is 1. The second-order valence-corrected chi connectivity index (χ2v) is 5.39. The van der Waals surface area contributed by atoms with Crippen molar-refractivity contribution in [2.24, 2.45) is 0 Å². The predicted molar refractivity (Wildman–Crippen MR) is 79.7 cm³/mol. The Hall–Kier alpha value is -2.09. The van der Waals surface area contributed by atoms with Crippen LogP contribution in [0, 0.1) is 17.0 Å². The van der Waals surface area contributed by atoms with Crippen LogP contribution in [0.5, 0.6) is 0 Å². The summed E-state index contributed by atoms with van der Waals surface area (Å²) in [4.78, 5) is 33.3. The van der Waals surface area contributed by atoms with E-state index in [0.717, 1.165) is 0 Å². The van der Waals surface area contributed by atoms with Gasteiger partial charge in [0.05, 0.1) is 4.92 Å². The highest BCUT2D eigenvalue weighted by molar-refractivity contribution is 7.98. The van der Waals surface area contributed by atoms with Gasteiger partial charge in [0, 0.05) is 17.2 Å². The predicted octanol–water partition coefficient (Wildman–Crippen LogP) is 1.84. The van der Waals surface area contributed by atoms with Gasteiger partial charge in [-0.05, 0) is 37.5 Å². The highest BCUT2D eigenvalue weighted by Crippen LogP contribution is 2.18. The van der Waals surface area contributed by atoms with Crippen LogP contribution in [0.15, 0.2) is 18.2 Å². The molecule has 0 saturated heterocycles. The van der Waals surface area contributed by atoms with Crippen LogP contribution in [0.1, 0.15) is 22.3 Å². The van der Waals surface area contributed by atoms with Gasteiger partial charge in [-0.15, -0.1) is 0 Å². The van der Waals surface area contributed by atoms with Crippen LogP contribution in [0.2, 0.25) is 0 Å². The van der Waals surface area contributed by atoms with Gasteiger partial charge in [0.2, 0.25) is 0 Å². The van der Waals surface area contributed by atoms with Gasteiger partial charge in [0.25, 0.3) is 11.6 Å². The Morgan fingerprint density at radius 2 is 2.14 bits per heavy atom. The van der Waals surface area contributed by atoms with Crippen molar-refractivity contribution < 1.29 is 19.6 Å². The summed E-state index contributed by atoms with van der Waals surface area (Å²) in [5.41, 5.74) is 0.473. The topological polar surface area (TPSA) is 110 Å². The fourth-order valence-electron chi connectivity index (χ4n) is 1.74. The number of nitro groups is 1. The fourth-order valence-corrected chi connectivity index (χ4v) is 2.21. The van der Waals surface area contributed by atoms with E-state index < -0.39 is 22.8 Å². The molecule has 8 heteroatoms. The Bertz CT molecular complexity index is 561. The smallest absolute Gasteiger partial charge is 0.326 e. The minimum Gasteiger partial charge on any atom is -0.480 e. The number of hydrogen-bond acceptors (Lipinski definition) is 5. The number of carbonyl (C=O) groups is 2. The number of rotatable bonds is 7. The highest BCUT2D eigenvalue weighted by Gasteiger charge is 2.21. The van der Waals surface area contributed by atoms with E-state index in [1.54, 1.807) is 0 Å². The average molecular weight is 312 g/mol. The van der Waals surface area contributed by atoms with Gasteiger partial charge in [0.15, 0.2) is 0 Å². The molecule has 1 amide bonds. The maximum atomic E-state index is 12.0. The molecule has 0 unspecified atom stereocenters. The molecule has 0 radical (unpaired) electrons. The number of aliphatic carboxylic acids is 1. The maximum Gasteiger partial charge on any atom is 0.326 e. The summed E-state index contributed by atoms with van der Waals surface area (Å²) >= 11 is 1.49. The molecule has 0 aliphatic rings. The van der Waals surface area contributed by atoms with Crippen LogP contribution >= 0.6 is 11.8 Å². The maximum absolute atomic E-state index is 12.0. The molecule has 7 nitrogen and oxygen atoms in total. The first kappa shape index (κ1) is 17.0. The van der Waals surface area contributed by atoms with Crippen molar-refractivity contribution in [2.45, 2.75) is 19.4 Å². The van der Waals surface area contributed by atoms with Crippen LogP contribution in [-0.4, -0.2) is 40.0 Å². The van der Waals surface area contributed by atoms with Crippen molar-refractivity contribution in [1.29, 1.82) is 0 Å². The van der Waals surface area contributed by atoms with Crippen LogP contribution < -0.4 is 5.32 Å². The Labute approximate surface area is 125 Å². The molecule has 0 bridgehead atoms. The number of carboxylic acid groups (broad SMARTS) is 1. The zero-order chi connectivity index (χ0) is 16.0. The minimum absolute atomic E-state index is 0.0799. The van der Waals surface area contributed by atoms with E-state index in [1.807, 2.05) is 6.26 Å². The number of nitrogens with zero attached hydrogens (tertiary/aromatic N) is 1. The van der Waals surface area contributed by atoms with E-state index in [4.69, 9.17) is 5.11 Å². The molecule has 0 spiro atoms. The molecule has 0 heterocycles. The molecule has 1 aromatic carbocycles. The Kier molecular flexibility index (Phi) is 6.16. The van der Waals surface area contributed by atoms with E-state index in [0.29, 0.717) is 17.7 Å². The van der Waals surface area contributed by atoms with Crippen molar-refractivity contribution >= 4 is 29.3 Å². The van der Waals surface area contributed by atoms with Gasteiger partial charge >= 0.3 is 5.97 Å². The molecule has 2 N–H and O–H groups in total. The number of carboxylic acids is 1. The normalized spacial score (nSPS) is 11.7. The van der Waals surface area contributed by atoms with Crippen LogP contribution in [0.4, 0.5) is 5.69 Å². The molecule has 21 heavy (non-hydrogen) atoms. The number of carbonyl (C=O) groups excluding carboxylic acids is 1. The van der Waals surface area contributed by atoms with E-state index in [-0.39, 0.29) is 11.3 Å². The fraction of sp³-hybridized carbons (Fsp3) is 0.385. The second kappa shape index (κ2) is 7.63. The third kappa shape index (κ3) is 4.75. The number of thioether (sulfide) groups is 1. The van der Waals surface area contributed by atoms with Gasteiger partial charge < -0.3 is 10.4 Å². The number of nitrogens with one attached hydrogen (secondary N) is 1. The standard InChI is InChI=1S/C13H16N2O5S/c1-8-7-9(3-4-11(8)15(19)20)12(16)14-10(13(17)18)5-6-21-2/h3-4,7,10H,5-6H2,1-2H3,(H,14,16)(H,17,18)/t10-/m0/s1. The quantitative estimate of drug-likeness (QED) is 0.587. The molecular weight excluding hydrogens is 296 g/mol. The van der Waals surface area contributed by atoms with Crippen molar-refractivity contribution in [2.75, 3.05) is 12.0 Å². The SMILES string of the molecule is CSCC[C@H](NC(=O)c1ccc([N+](=O)[O-])c(C)c1)C(=O)O. The summed E-state index contributed by atoms with van der Waals surface area (Å²) < 4.78 is 0. The van der Waals surface area contributed by atoms with Crippen LogP contribution in [-0.2, 0) is 4.79 Å². The Morgan fingerprint density at radius 1 is 1.48 bits per heavy atom. The lowest BCUT2D eigenvalue weighted by Crippen LogP contribution is -2.41. The third-order valence-electron chi connectivity index (χ3n) is 2.87. The minimum atomic E-state index is -1.10. The van der Waals surface area contributed by atoms with E-state index in [2.05, 4.69) is 5.32 Å². The molecule has 1 aromatic rings. The molecule has 0 aliphatic carbocycles. The lowest BCUT2D eigenvalue weighted by molar-refractivity contribution is -0.385. The van der Waals surface area contributed by atoms with Crippen molar-refractivity contribution in [3.8, 4) is 0 Å². The first-order valence-corrected chi connectivity index (χ1v) is 7.54. The van der Waals surface area contributed by atoms with Gasteiger partial charge in [0.1, 0.15) is 6.04 Å². The second-order valence-electron chi connectivity index (χ2n) is 4.40. The summed E-state index contributed by atoms with van der Waals surface area (Å²) in [6.07, 6.45) is 2.16. The van der Waals surface area contributed by atoms with Gasteiger partial charge in [-0.3, -0.25) is 14.9 Å².